The van der Waals surface area contributed by atoms with Gasteiger partial charge in [-0.1, -0.05) is 12.1 Å². The molecule has 23 heavy (non-hydrogen) atoms. The van der Waals surface area contributed by atoms with Crippen LogP contribution in [0.5, 0.6) is 0 Å². The van der Waals surface area contributed by atoms with E-state index in [2.05, 4.69) is 14.9 Å². The third-order valence-electron chi connectivity index (χ3n) is 4.17. The summed E-state index contributed by atoms with van der Waals surface area (Å²) in [4.78, 5) is 11.4. The summed E-state index contributed by atoms with van der Waals surface area (Å²) in [5, 5.41) is 0.987. The fourth-order valence-corrected chi connectivity index (χ4v) is 2.99. The van der Waals surface area contributed by atoms with Gasteiger partial charge < -0.3 is 4.90 Å². The molecule has 1 fully saturated rings. The molecule has 0 aliphatic carbocycles. The minimum absolute atomic E-state index is 0.421. The van der Waals surface area contributed by atoms with E-state index in [-0.39, 0.29) is 0 Å². The van der Waals surface area contributed by atoms with E-state index in [0.717, 1.165) is 54.8 Å². The number of anilines is 1. The van der Waals surface area contributed by atoms with Crippen LogP contribution in [0.3, 0.4) is 0 Å². The maximum Gasteiger partial charge on any atom is 0.162 e. The number of hydrogen-bond acceptors (Lipinski definition) is 3. The molecule has 1 saturated heterocycles. The lowest BCUT2D eigenvalue weighted by Crippen LogP contribution is -2.20. The molecule has 4 rings (SSSR count). The lowest BCUT2D eigenvalue weighted by Gasteiger charge is -2.19. The van der Waals surface area contributed by atoms with Crippen molar-refractivity contribution in [2.24, 2.45) is 0 Å². The quantitative estimate of drug-likeness (QED) is 0.711. The molecule has 0 saturated carbocycles. The normalized spacial score (nSPS) is 14.6. The number of rotatable bonds is 2. The maximum absolute atomic E-state index is 13.5. The summed E-state index contributed by atoms with van der Waals surface area (Å²) >= 11 is 0. The van der Waals surface area contributed by atoms with Gasteiger partial charge in [-0.3, -0.25) is 0 Å². The van der Waals surface area contributed by atoms with Gasteiger partial charge in [-0.25, -0.2) is 18.7 Å². The Hall–Kier alpha value is -2.56. The van der Waals surface area contributed by atoms with Crippen LogP contribution in [0, 0.1) is 11.6 Å². The first-order valence-electron chi connectivity index (χ1n) is 7.69. The Balaban J connectivity index is 1.91. The highest BCUT2D eigenvalue weighted by Gasteiger charge is 2.18. The summed E-state index contributed by atoms with van der Waals surface area (Å²) < 4.78 is 26.7. The van der Waals surface area contributed by atoms with Crippen LogP contribution in [-0.4, -0.2) is 23.1 Å². The first-order chi connectivity index (χ1) is 11.2. The molecule has 0 spiro atoms. The van der Waals surface area contributed by atoms with Crippen molar-refractivity contribution in [3.63, 3.8) is 0 Å². The van der Waals surface area contributed by atoms with Crippen LogP contribution in [0.4, 0.5) is 14.6 Å². The number of fused-ring (bicyclic) bond motifs is 1. The van der Waals surface area contributed by atoms with Crippen LogP contribution < -0.4 is 4.90 Å². The molecule has 116 valence electrons. The van der Waals surface area contributed by atoms with Crippen molar-refractivity contribution in [2.45, 2.75) is 12.8 Å². The van der Waals surface area contributed by atoms with Crippen molar-refractivity contribution in [2.75, 3.05) is 18.0 Å². The van der Waals surface area contributed by atoms with E-state index in [1.54, 1.807) is 0 Å². The fraction of sp³-hybridized carbons (Fsp3) is 0.222. The molecular weight excluding hydrogens is 296 g/mol. The van der Waals surface area contributed by atoms with Gasteiger partial charge >= 0.3 is 0 Å². The van der Waals surface area contributed by atoms with E-state index in [1.807, 2.05) is 24.3 Å². The van der Waals surface area contributed by atoms with Gasteiger partial charge in [0.2, 0.25) is 0 Å². The average molecular weight is 311 g/mol. The molecule has 3 nitrogen and oxygen atoms in total. The first kappa shape index (κ1) is 14.1. The Morgan fingerprint density at radius 2 is 1.65 bits per heavy atom. The van der Waals surface area contributed by atoms with Crippen LogP contribution in [0.2, 0.25) is 0 Å². The second-order valence-electron chi connectivity index (χ2n) is 5.71. The molecule has 1 aliphatic heterocycles. The molecule has 0 unspecified atom stereocenters. The molecule has 2 heterocycles. The second kappa shape index (κ2) is 5.57. The predicted octanol–water partition coefficient (Wildman–Crippen LogP) is 4.18. The van der Waals surface area contributed by atoms with E-state index in [9.17, 15) is 8.78 Å². The van der Waals surface area contributed by atoms with Crippen molar-refractivity contribution >= 4 is 16.7 Å². The number of hydrogen-bond donors (Lipinski definition) is 0. The summed E-state index contributed by atoms with van der Waals surface area (Å²) in [7, 11) is 0. The van der Waals surface area contributed by atoms with Crippen LogP contribution in [0.1, 0.15) is 12.8 Å². The number of halogens is 2. The van der Waals surface area contributed by atoms with E-state index in [0.29, 0.717) is 11.4 Å². The van der Waals surface area contributed by atoms with Crippen molar-refractivity contribution in [1.29, 1.82) is 0 Å². The third-order valence-corrected chi connectivity index (χ3v) is 4.17. The highest BCUT2D eigenvalue weighted by Crippen LogP contribution is 2.29. The van der Waals surface area contributed by atoms with Gasteiger partial charge in [0.05, 0.1) is 5.52 Å². The van der Waals surface area contributed by atoms with Crippen molar-refractivity contribution in [3.05, 3.63) is 54.1 Å². The zero-order valence-corrected chi connectivity index (χ0v) is 12.5. The van der Waals surface area contributed by atoms with Crippen LogP contribution in [0.25, 0.3) is 22.3 Å². The highest BCUT2D eigenvalue weighted by molar-refractivity contribution is 5.91. The summed E-state index contributed by atoms with van der Waals surface area (Å²) in [6.07, 6.45) is 2.28. The smallest absolute Gasteiger partial charge is 0.162 e. The van der Waals surface area contributed by atoms with E-state index < -0.39 is 11.6 Å². The molecule has 2 aromatic carbocycles. The Kier molecular flexibility index (Phi) is 3.41. The molecule has 1 aliphatic rings. The van der Waals surface area contributed by atoms with E-state index >= 15 is 0 Å². The zero-order chi connectivity index (χ0) is 15.8. The van der Waals surface area contributed by atoms with Crippen molar-refractivity contribution in [1.82, 2.24) is 9.97 Å². The molecule has 0 amide bonds. The van der Waals surface area contributed by atoms with Crippen LogP contribution in [-0.2, 0) is 0 Å². The third kappa shape index (κ3) is 2.52. The Bertz CT molecular complexity index is 873. The Morgan fingerprint density at radius 3 is 2.43 bits per heavy atom. The molecular formula is C18H15F2N3. The van der Waals surface area contributed by atoms with Crippen LogP contribution in [0.15, 0.2) is 42.5 Å². The SMILES string of the molecule is Fc1ccc(-c2nc(N3CCCC3)c3ccccc3n2)cc1F. The lowest BCUT2D eigenvalue weighted by atomic mass is 10.1. The summed E-state index contributed by atoms with van der Waals surface area (Å²) in [6.45, 7) is 1.91. The Morgan fingerprint density at radius 1 is 0.870 bits per heavy atom. The predicted molar refractivity (Wildman–Crippen MR) is 86.3 cm³/mol. The van der Waals surface area contributed by atoms with Crippen molar-refractivity contribution < 1.29 is 8.78 Å². The van der Waals surface area contributed by atoms with Gasteiger partial charge in [-0.15, -0.1) is 0 Å². The molecule has 3 aromatic rings. The van der Waals surface area contributed by atoms with Gasteiger partial charge in [0.1, 0.15) is 5.82 Å². The summed E-state index contributed by atoms with van der Waals surface area (Å²) in [5.41, 5.74) is 1.29. The fourth-order valence-electron chi connectivity index (χ4n) is 2.99. The van der Waals surface area contributed by atoms with Gasteiger partial charge in [-0.05, 0) is 43.2 Å². The molecule has 1 aromatic heterocycles. The minimum Gasteiger partial charge on any atom is -0.356 e. The number of benzene rings is 2. The first-order valence-corrected chi connectivity index (χ1v) is 7.69. The molecule has 5 heteroatoms. The maximum atomic E-state index is 13.5. The molecule has 0 radical (unpaired) electrons. The van der Waals surface area contributed by atoms with Gasteiger partial charge in [-0.2, -0.15) is 0 Å². The topological polar surface area (TPSA) is 29.0 Å². The lowest BCUT2D eigenvalue weighted by molar-refractivity contribution is 0.509. The number of aromatic nitrogens is 2. The minimum atomic E-state index is -0.887. The van der Waals surface area contributed by atoms with E-state index in [1.165, 1.54) is 6.07 Å². The largest absolute Gasteiger partial charge is 0.356 e. The molecule has 0 N–H and O–H groups in total. The number of nitrogens with zero attached hydrogens (tertiary/aromatic N) is 3. The van der Waals surface area contributed by atoms with Gasteiger partial charge in [0.25, 0.3) is 0 Å². The second-order valence-corrected chi connectivity index (χ2v) is 5.71. The monoisotopic (exact) mass is 311 g/mol. The standard InChI is InChI=1S/C18H15F2N3/c19-14-8-7-12(11-15(14)20)17-21-16-6-2-1-5-13(16)18(22-17)23-9-3-4-10-23/h1-2,5-8,11H,3-4,9-10H2. The van der Waals surface area contributed by atoms with Crippen molar-refractivity contribution in [3.8, 4) is 11.4 Å². The van der Waals surface area contributed by atoms with E-state index in [4.69, 9.17) is 0 Å². The summed E-state index contributed by atoms with van der Waals surface area (Å²) in [6, 6.07) is 11.6. The average Bonchev–Trinajstić information content (AvgIpc) is 3.11. The Labute approximate surface area is 132 Å². The molecule has 0 atom stereocenters. The van der Waals surface area contributed by atoms with Crippen LogP contribution >= 0.6 is 0 Å². The molecule has 0 bridgehead atoms. The highest BCUT2D eigenvalue weighted by atomic mass is 19.2. The number of para-hydroxylation sites is 1. The van der Waals surface area contributed by atoms with Gasteiger partial charge in [0.15, 0.2) is 17.5 Å². The zero-order valence-electron chi connectivity index (χ0n) is 12.5. The van der Waals surface area contributed by atoms with Gasteiger partial charge in [0, 0.05) is 24.0 Å². The summed E-state index contributed by atoms with van der Waals surface area (Å²) in [5.74, 6) is -0.464.